The van der Waals surface area contributed by atoms with Crippen LogP contribution in [0.3, 0.4) is 0 Å². The molecular weight excluding hydrogens is 1690 g/mol. The Balaban J connectivity index is 0.000000327. The molecule has 0 aromatic heterocycles. The second kappa shape index (κ2) is 48.2. The van der Waals surface area contributed by atoms with Crippen LogP contribution in [0.1, 0.15) is 83.8 Å². The van der Waals surface area contributed by atoms with Crippen LogP contribution in [0.5, 0.6) is 17.2 Å². The molecule has 4 aliphatic rings. The van der Waals surface area contributed by atoms with Gasteiger partial charge in [-0.25, -0.2) is 49.0 Å². The van der Waals surface area contributed by atoms with Crippen molar-refractivity contribution in [3.63, 3.8) is 0 Å². The Morgan fingerprint density at radius 1 is 0.414 bits per heavy atom. The molecular formula is C79H103Cl6N7O21S3. The average Bonchev–Trinajstić information content (AvgIpc) is 1.63. The van der Waals surface area contributed by atoms with E-state index in [2.05, 4.69) is 38.3 Å². The SMILES string of the molecule is CN(C)[C@H]1Cc2c(Cl)cc(Cl)cc2[C@@H]1Oc1ccc(S(=O)(=O)NCCOCCOCCCCCOCC(=O)CCCOCCOCCNS(=O)(=O)c2ccc(O[C@H]3c4cc(Cl)cc(Cl)c4C[C@@H]3N(C)C)cc2)cc1.CN(C)[C@H]1Cc2c(Cl)cc(Cl)cc2[C@@H]1Oc1ccc(S(=O)(=O)NCCOCCOCCN)cc1.O=C1COCC(=O)O1. The quantitative estimate of drug-likeness (QED) is 0.0157. The molecule has 6 atom stereocenters. The predicted octanol–water partition coefficient (Wildman–Crippen LogP) is 10.3. The number of carbonyl (C=O) groups is 3. The molecule has 1 saturated heterocycles. The number of unbranched alkanes of at least 4 members (excludes halogenated alkanes) is 2. The Hall–Kier alpha value is -5.48. The van der Waals surface area contributed by atoms with Gasteiger partial charge in [-0.05, 0) is 213 Å². The minimum absolute atomic E-state index is 0.00572. The van der Waals surface area contributed by atoms with Crippen LogP contribution in [0.2, 0.25) is 30.1 Å². The normalized spacial score (nSPS) is 17.8. The summed E-state index contributed by atoms with van der Waals surface area (Å²) in [6, 6.07) is 29.9. The fourth-order valence-corrected chi connectivity index (χ4v) is 17.6. The van der Waals surface area contributed by atoms with Crippen LogP contribution in [0.4, 0.5) is 0 Å². The maximum atomic E-state index is 12.9. The van der Waals surface area contributed by atoms with Gasteiger partial charge in [0.1, 0.15) is 55.4 Å². The average molecular weight is 1800 g/mol. The monoisotopic (exact) mass is 1790 g/mol. The fourth-order valence-electron chi connectivity index (χ4n) is 12.8. The summed E-state index contributed by atoms with van der Waals surface area (Å²) in [5, 5.41) is 3.45. The van der Waals surface area contributed by atoms with Crippen molar-refractivity contribution < 1.29 is 96.5 Å². The van der Waals surface area contributed by atoms with Crippen LogP contribution in [0, 0.1) is 0 Å². The van der Waals surface area contributed by atoms with Crippen molar-refractivity contribution in [2.75, 3.05) is 174 Å². The van der Waals surface area contributed by atoms with Crippen LogP contribution >= 0.6 is 69.6 Å². The number of halogens is 6. The fraction of sp³-hybridized carbons (Fsp3) is 0.506. The highest BCUT2D eigenvalue weighted by atomic mass is 35.5. The van der Waals surface area contributed by atoms with E-state index in [4.69, 9.17) is 123 Å². The van der Waals surface area contributed by atoms with Crippen molar-refractivity contribution in [1.29, 1.82) is 0 Å². The van der Waals surface area contributed by atoms with Gasteiger partial charge in [-0.15, -0.1) is 0 Å². The molecule has 0 radical (unpaired) electrons. The number of hydrogen-bond acceptors (Lipinski definition) is 25. The van der Waals surface area contributed by atoms with Gasteiger partial charge in [0.05, 0.1) is 98.9 Å². The number of ether oxygens (including phenoxy) is 12. The molecule has 1 heterocycles. The van der Waals surface area contributed by atoms with Crippen molar-refractivity contribution >= 4 is 117 Å². The number of ketones is 1. The highest BCUT2D eigenvalue weighted by Crippen LogP contribution is 2.45. The van der Waals surface area contributed by atoms with Crippen LogP contribution < -0.4 is 34.1 Å². The third-order valence-corrected chi connectivity index (χ3v) is 24.8. The van der Waals surface area contributed by atoms with Gasteiger partial charge in [0, 0.05) is 99.2 Å². The Morgan fingerprint density at radius 3 is 1.02 bits per heavy atom. The minimum atomic E-state index is -3.77. The number of nitrogens with two attached hydrogens (primary N) is 1. The molecule has 37 heteroatoms. The molecule has 28 nitrogen and oxygen atoms in total. The third-order valence-electron chi connectivity index (χ3n) is 18.7. The van der Waals surface area contributed by atoms with E-state index >= 15 is 0 Å². The van der Waals surface area contributed by atoms with Crippen molar-refractivity contribution in [1.82, 2.24) is 28.9 Å². The maximum Gasteiger partial charge on any atom is 0.339 e. The summed E-state index contributed by atoms with van der Waals surface area (Å²) in [5.74, 6) is 0.397. The van der Waals surface area contributed by atoms with Crippen LogP contribution in [0.25, 0.3) is 0 Å². The molecule has 0 spiro atoms. The largest absolute Gasteiger partial charge is 0.484 e. The first-order valence-electron chi connectivity index (χ1n) is 37.7. The number of carbonyl (C=O) groups excluding carboxylic acids is 3. The zero-order valence-electron chi connectivity index (χ0n) is 65.6. The molecule has 640 valence electrons. The lowest BCUT2D eigenvalue weighted by Crippen LogP contribution is -2.34. The number of nitrogens with zero attached hydrogens (tertiary/aromatic N) is 3. The van der Waals surface area contributed by atoms with Gasteiger partial charge >= 0.3 is 11.9 Å². The first kappa shape index (κ1) is 96.0. The molecule has 6 aromatic rings. The predicted molar refractivity (Wildman–Crippen MR) is 443 cm³/mol. The summed E-state index contributed by atoms with van der Waals surface area (Å²) < 4.78 is 150. The molecule has 3 aliphatic carbocycles. The topological polar surface area (TPSA) is 336 Å². The number of fused-ring (bicyclic) bond motifs is 3. The van der Waals surface area contributed by atoms with Gasteiger partial charge in [0.15, 0.2) is 5.78 Å². The zero-order valence-corrected chi connectivity index (χ0v) is 72.6. The molecule has 0 unspecified atom stereocenters. The van der Waals surface area contributed by atoms with E-state index in [-0.39, 0.29) is 123 Å². The van der Waals surface area contributed by atoms with Crippen LogP contribution in [-0.2, 0) is 106 Å². The Bertz CT molecular complexity index is 4480. The van der Waals surface area contributed by atoms with Crippen molar-refractivity contribution in [3.05, 3.63) is 173 Å². The maximum absolute atomic E-state index is 12.9. The standard InChI is InChI=1S/C52H68Cl4N4O12S2.C23H31Cl2N3O5S.C4H4O4/c1-59(2)49-33-43-45(29-36(53)31-47(43)55)51(49)71-39-10-14-41(15-11-39)73(62,63)57-18-23-68-27-25-66-20-6-5-7-21-70-35-38(61)9-8-22-67-26-28-69-24-19-58-74(64,65)42-16-12-40(13-17-42)72-52-46-30-37(54)32-48(56)44(46)34-50(52)60(3)4;1-28(2)22-15-19-20(13-16(24)14-21(19)25)23(22)33-17-3-5-18(6-4-17)34(29,30)27-8-10-32-12-11-31-9-7-26;5-3-1-7-2-4(6)8-3/h10-17,29-32,49-52,57-58H,5-9,18-28,33-35H2,1-4H3;3-6,13-14,22-23,27H,7-12,15,26H2,1-2H3;1-2H2/t49-,50-,51-,52-;22-,23-;/m00./s1. The van der Waals surface area contributed by atoms with Crippen molar-refractivity contribution in [3.8, 4) is 17.2 Å². The number of likely N-dealkylation sites (N-methyl/N-ethyl adjacent to an activating group) is 3. The second-order valence-electron chi connectivity index (χ2n) is 27.9. The van der Waals surface area contributed by atoms with Crippen LogP contribution in [-0.4, -0.2) is 250 Å². The molecule has 1 aliphatic heterocycles. The van der Waals surface area contributed by atoms with E-state index < -0.39 is 42.0 Å². The highest BCUT2D eigenvalue weighted by Gasteiger charge is 2.41. The summed E-state index contributed by atoms with van der Waals surface area (Å²) in [6.45, 7) is 5.25. The van der Waals surface area contributed by atoms with E-state index in [1.165, 1.54) is 36.4 Å². The van der Waals surface area contributed by atoms with Crippen molar-refractivity contribution in [2.24, 2.45) is 5.73 Å². The lowest BCUT2D eigenvalue weighted by atomic mass is 10.1. The third kappa shape index (κ3) is 30.3. The highest BCUT2D eigenvalue weighted by molar-refractivity contribution is 7.90. The molecule has 10 rings (SSSR count). The van der Waals surface area contributed by atoms with E-state index in [0.717, 1.165) is 59.1 Å². The van der Waals surface area contributed by atoms with Gasteiger partial charge in [0.2, 0.25) is 30.1 Å². The molecule has 0 bridgehead atoms. The number of cyclic esters (lactones) is 2. The van der Waals surface area contributed by atoms with Crippen molar-refractivity contribution in [2.45, 2.75) is 102 Å². The molecule has 6 aromatic carbocycles. The number of esters is 2. The second-order valence-corrected chi connectivity index (χ2v) is 35.7. The lowest BCUT2D eigenvalue weighted by Gasteiger charge is -2.27. The number of benzene rings is 6. The number of nitrogens with one attached hydrogen (secondary N) is 3. The summed E-state index contributed by atoms with van der Waals surface area (Å²) in [7, 11) is 0.696. The zero-order chi connectivity index (χ0) is 84.0. The summed E-state index contributed by atoms with van der Waals surface area (Å²) in [4.78, 5) is 39.0. The van der Waals surface area contributed by atoms with Gasteiger partial charge in [-0.2, -0.15) is 0 Å². The lowest BCUT2D eigenvalue weighted by molar-refractivity contribution is -0.174. The number of Topliss-reactive ketones (excluding diaryl/α,β-unsaturated/α-hetero) is 1. The summed E-state index contributed by atoms with van der Waals surface area (Å²) >= 11 is 38.2. The Morgan fingerprint density at radius 2 is 0.716 bits per heavy atom. The first-order chi connectivity index (χ1) is 55.4. The number of rotatable bonds is 47. The van der Waals surface area contributed by atoms with Gasteiger partial charge < -0.3 is 77.3 Å². The molecule has 116 heavy (non-hydrogen) atoms. The van der Waals surface area contributed by atoms with E-state index in [9.17, 15) is 39.6 Å². The molecule has 5 N–H and O–H groups in total. The van der Waals surface area contributed by atoms with E-state index in [0.29, 0.717) is 139 Å². The summed E-state index contributed by atoms with van der Waals surface area (Å²) in [5.41, 5.74) is 11.1. The van der Waals surface area contributed by atoms with Gasteiger partial charge in [-0.1, -0.05) is 69.6 Å². The van der Waals surface area contributed by atoms with Crippen LogP contribution in [0.15, 0.2) is 124 Å². The van der Waals surface area contributed by atoms with E-state index in [1.807, 2.05) is 60.5 Å². The summed E-state index contributed by atoms with van der Waals surface area (Å²) in [6.07, 6.45) is 4.64. The first-order valence-corrected chi connectivity index (χ1v) is 44.5. The van der Waals surface area contributed by atoms with E-state index in [1.54, 1.807) is 54.6 Å². The number of hydrogen-bond donors (Lipinski definition) is 4. The number of sulfonamides is 3. The molecule has 0 saturated carbocycles. The Labute approximate surface area is 710 Å². The smallest absolute Gasteiger partial charge is 0.339 e. The van der Waals surface area contributed by atoms with Gasteiger partial charge in [0.25, 0.3) is 0 Å². The molecule has 0 amide bonds. The minimum Gasteiger partial charge on any atom is -0.484 e. The van der Waals surface area contributed by atoms with Gasteiger partial charge in [-0.3, -0.25) is 4.79 Å². The molecule has 1 fully saturated rings. The Kier molecular flexibility index (Phi) is 39.9.